The molecule has 7 nitrogen and oxygen atoms in total. The molecule has 0 bridgehead atoms. The number of esters is 1. The van der Waals surface area contributed by atoms with Crippen LogP contribution in [0.4, 0.5) is 0 Å². The molecule has 1 N–H and O–H groups in total. The van der Waals surface area contributed by atoms with Gasteiger partial charge in [0, 0.05) is 6.92 Å². The topological polar surface area (TPSA) is 94.3 Å². The molecule has 0 aliphatic rings. The highest BCUT2D eigenvalue weighted by Crippen LogP contribution is 2.08. The third-order valence-corrected chi connectivity index (χ3v) is 1.84. The summed E-state index contributed by atoms with van der Waals surface area (Å²) in [6.07, 6.45) is 0. The van der Waals surface area contributed by atoms with Crippen LogP contribution < -0.4 is 5.32 Å². The van der Waals surface area contributed by atoms with E-state index in [0.29, 0.717) is 0 Å². The molecule has 1 atom stereocenters. The number of aromatic nitrogens is 2. The molecule has 0 fully saturated rings. The van der Waals surface area contributed by atoms with Crippen molar-refractivity contribution in [3.8, 4) is 0 Å². The van der Waals surface area contributed by atoms with Crippen molar-refractivity contribution in [3.63, 3.8) is 0 Å². The van der Waals surface area contributed by atoms with Gasteiger partial charge in [-0.05, 0) is 27.7 Å². The number of amides is 1. The quantitative estimate of drug-likeness (QED) is 0.804. The van der Waals surface area contributed by atoms with E-state index in [1.807, 2.05) is 0 Å². The monoisotopic (exact) mass is 255 g/mol. The maximum absolute atomic E-state index is 11.6. The van der Waals surface area contributed by atoms with Gasteiger partial charge in [-0.2, -0.15) is 4.98 Å². The minimum atomic E-state index is -0.782. The molecule has 1 heterocycles. The Labute approximate surface area is 105 Å². The lowest BCUT2D eigenvalue weighted by molar-refractivity contribution is -0.156. The van der Waals surface area contributed by atoms with Gasteiger partial charge in [0.15, 0.2) is 0 Å². The number of carbonyl (C=O) groups is 2. The Morgan fingerprint density at radius 1 is 1.39 bits per heavy atom. The van der Waals surface area contributed by atoms with Crippen LogP contribution in [-0.4, -0.2) is 33.7 Å². The lowest BCUT2D eigenvalue weighted by Crippen LogP contribution is -2.42. The second-order valence-electron chi connectivity index (χ2n) is 4.87. The van der Waals surface area contributed by atoms with Crippen LogP contribution in [0.1, 0.15) is 44.2 Å². The molecule has 0 aromatic carbocycles. The van der Waals surface area contributed by atoms with Crippen molar-refractivity contribution in [1.29, 1.82) is 0 Å². The van der Waals surface area contributed by atoms with E-state index in [9.17, 15) is 9.59 Å². The van der Waals surface area contributed by atoms with Crippen LogP contribution in [0.15, 0.2) is 4.52 Å². The van der Waals surface area contributed by atoms with E-state index in [1.165, 1.54) is 6.92 Å². The number of ether oxygens (including phenoxy) is 1. The maximum Gasteiger partial charge on any atom is 0.328 e. The van der Waals surface area contributed by atoms with Gasteiger partial charge in [-0.1, -0.05) is 5.16 Å². The summed E-state index contributed by atoms with van der Waals surface area (Å²) in [4.78, 5) is 27.0. The van der Waals surface area contributed by atoms with Crippen molar-refractivity contribution in [2.24, 2.45) is 0 Å². The van der Waals surface area contributed by atoms with Crippen LogP contribution in [0.2, 0.25) is 0 Å². The van der Waals surface area contributed by atoms with E-state index in [0.717, 1.165) is 0 Å². The number of nitrogens with zero attached hydrogens (tertiary/aromatic N) is 2. The largest absolute Gasteiger partial charge is 0.458 e. The number of nitrogens with one attached hydrogen (secondary N) is 1. The van der Waals surface area contributed by atoms with Crippen molar-refractivity contribution in [2.75, 3.05) is 0 Å². The SMILES string of the molecule is Cc1nc(C(=O)N[C@H](C)C(=O)OC(C)(C)C)no1. The molecule has 1 rings (SSSR count). The highest BCUT2D eigenvalue weighted by molar-refractivity contribution is 5.93. The first kappa shape index (κ1) is 14.1. The van der Waals surface area contributed by atoms with E-state index in [-0.39, 0.29) is 11.7 Å². The van der Waals surface area contributed by atoms with Gasteiger partial charge in [0.05, 0.1) is 0 Å². The molecule has 1 aromatic heterocycles. The Hall–Kier alpha value is -1.92. The lowest BCUT2D eigenvalue weighted by atomic mass is 10.2. The van der Waals surface area contributed by atoms with Gasteiger partial charge >= 0.3 is 5.97 Å². The van der Waals surface area contributed by atoms with Gasteiger partial charge in [0.25, 0.3) is 11.7 Å². The van der Waals surface area contributed by atoms with E-state index in [2.05, 4.69) is 20.0 Å². The normalized spacial score (nSPS) is 12.9. The zero-order valence-corrected chi connectivity index (χ0v) is 11.1. The maximum atomic E-state index is 11.6. The van der Waals surface area contributed by atoms with Crippen molar-refractivity contribution < 1.29 is 18.8 Å². The predicted octanol–water partition coefficient (Wildman–Crippen LogP) is 0.838. The molecule has 0 unspecified atom stereocenters. The van der Waals surface area contributed by atoms with Crippen LogP contribution in [0, 0.1) is 6.92 Å². The highest BCUT2D eigenvalue weighted by Gasteiger charge is 2.24. The average Bonchev–Trinajstić information content (AvgIpc) is 2.62. The van der Waals surface area contributed by atoms with Gasteiger partial charge in [0.1, 0.15) is 11.6 Å². The molecule has 1 aromatic rings. The lowest BCUT2D eigenvalue weighted by Gasteiger charge is -2.22. The number of hydrogen-bond acceptors (Lipinski definition) is 6. The smallest absolute Gasteiger partial charge is 0.328 e. The summed E-state index contributed by atoms with van der Waals surface area (Å²) in [5.74, 6) is -0.922. The van der Waals surface area contributed by atoms with Gasteiger partial charge in [0.2, 0.25) is 5.89 Å². The Kier molecular flexibility index (Phi) is 4.05. The number of aryl methyl sites for hydroxylation is 1. The zero-order chi connectivity index (χ0) is 13.9. The van der Waals surface area contributed by atoms with E-state index >= 15 is 0 Å². The van der Waals surface area contributed by atoms with Crippen molar-refractivity contribution in [3.05, 3.63) is 11.7 Å². The van der Waals surface area contributed by atoms with Crippen LogP contribution in [0.3, 0.4) is 0 Å². The second-order valence-corrected chi connectivity index (χ2v) is 4.87. The second kappa shape index (κ2) is 5.16. The summed E-state index contributed by atoms with van der Waals surface area (Å²) in [6, 6.07) is -0.782. The fourth-order valence-electron chi connectivity index (χ4n) is 1.10. The molecule has 100 valence electrons. The molecular formula is C11H17N3O4. The molecular weight excluding hydrogens is 238 g/mol. The van der Waals surface area contributed by atoms with Gasteiger partial charge in [-0.3, -0.25) is 4.79 Å². The number of rotatable bonds is 3. The summed E-state index contributed by atoms with van der Waals surface area (Å²) in [6.45, 7) is 8.35. The molecule has 7 heteroatoms. The van der Waals surface area contributed by atoms with Gasteiger partial charge in [-0.25, -0.2) is 4.79 Å². The highest BCUT2D eigenvalue weighted by atomic mass is 16.6. The molecule has 18 heavy (non-hydrogen) atoms. The van der Waals surface area contributed by atoms with Crippen LogP contribution in [0.5, 0.6) is 0 Å². The van der Waals surface area contributed by atoms with Crippen LogP contribution in [0.25, 0.3) is 0 Å². The first-order valence-corrected chi connectivity index (χ1v) is 5.53. The molecule has 0 saturated heterocycles. The van der Waals surface area contributed by atoms with E-state index in [4.69, 9.17) is 4.74 Å². The van der Waals surface area contributed by atoms with Crippen molar-refractivity contribution in [1.82, 2.24) is 15.5 Å². The first-order valence-electron chi connectivity index (χ1n) is 5.53. The fourth-order valence-corrected chi connectivity index (χ4v) is 1.10. The summed E-state index contributed by atoms with van der Waals surface area (Å²) < 4.78 is 9.79. The average molecular weight is 255 g/mol. The Bertz CT molecular complexity index is 447. The van der Waals surface area contributed by atoms with Crippen molar-refractivity contribution in [2.45, 2.75) is 46.3 Å². The molecule has 0 spiro atoms. The molecule has 0 saturated carbocycles. The minimum absolute atomic E-state index is 0.108. The summed E-state index contributed by atoms with van der Waals surface area (Å²) in [5.41, 5.74) is -0.598. The Balaban J connectivity index is 2.57. The first-order chi connectivity index (χ1) is 8.19. The number of carbonyl (C=O) groups excluding carboxylic acids is 2. The number of hydrogen-bond donors (Lipinski definition) is 1. The molecule has 0 radical (unpaired) electrons. The molecule has 1 amide bonds. The zero-order valence-electron chi connectivity index (χ0n) is 11.1. The summed E-state index contributed by atoms with van der Waals surface area (Å²) in [5, 5.41) is 5.89. The Morgan fingerprint density at radius 2 is 2.00 bits per heavy atom. The summed E-state index contributed by atoms with van der Waals surface area (Å²) >= 11 is 0. The van der Waals surface area contributed by atoms with Gasteiger partial charge in [-0.15, -0.1) is 0 Å². The van der Waals surface area contributed by atoms with Crippen molar-refractivity contribution >= 4 is 11.9 Å². The molecule has 0 aliphatic carbocycles. The fraction of sp³-hybridized carbons (Fsp3) is 0.636. The van der Waals surface area contributed by atoms with E-state index in [1.54, 1.807) is 27.7 Å². The molecule has 0 aliphatic heterocycles. The van der Waals surface area contributed by atoms with Crippen LogP contribution in [-0.2, 0) is 9.53 Å². The standard InChI is InChI=1S/C11H17N3O4/c1-6(10(16)17-11(3,4)5)12-9(15)8-13-7(2)18-14-8/h6H,1-5H3,(H,12,15)/t6-/m1/s1. The van der Waals surface area contributed by atoms with Gasteiger partial charge < -0.3 is 14.6 Å². The van der Waals surface area contributed by atoms with Crippen LogP contribution >= 0.6 is 0 Å². The minimum Gasteiger partial charge on any atom is -0.458 e. The van der Waals surface area contributed by atoms with E-state index < -0.39 is 23.5 Å². The predicted molar refractivity (Wildman–Crippen MR) is 61.8 cm³/mol. The third kappa shape index (κ3) is 4.15. The third-order valence-electron chi connectivity index (χ3n) is 1.84. The Morgan fingerprint density at radius 3 is 2.44 bits per heavy atom. The summed E-state index contributed by atoms with van der Waals surface area (Å²) in [7, 11) is 0.